The molecule has 1 aromatic carbocycles. The Bertz CT molecular complexity index is 714. The van der Waals surface area contributed by atoms with Gasteiger partial charge in [-0.1, -0.05) is 18.2 Å². The third-order valence-electron chi connectivity index (χ3n) is 2.74. The number of benzene rings is 1. The molecular formula is C12H11BrN4O3. The van der Waals surface area contributed by atoms with Gasteiger partial charge in [-0.2, -0.15) is 5.10 Å². The number of halogens is 1. The molecule has 0 fully saturated rings. The van der Waals surface area contributed by atoms with Crippen molar-refractivity contribution in [1.29, 1.82) is 0 Å². The fourth-order valence-corrected chi connectivity index (χ4v) is 2.16. The van der Waals surface area contributed by atoms with Crippen LogP contribution in [0.2, 0.25) is 0 Å². The lowest BCUT2D eigenvalue weighted by atomic mass is 10.2. The molecule has 1 aromatic heterocycles. The fourth-order valence-electron chi connectivity index (χ4n) is 1.66. The molecule has 0 radical (unpaired) electrons. The minimum absolute atomic E-state index is 0.0351. The third kappa shape index (κ3) is 2.85. The lowest BCUT2D eigenvalue weighted by molar-refractivity contribution is -0.385. The minimum atomic E-state index is -0.436. The number of aryl methyl sites for hydroxylation is 1. The maximum absolute atomic E-state index is 11.7. The van der Waals surface area contributed by atoms with Crippen molar-refractivity contribution in [1.82, 2.24) is 9.78 Å². The maximum atomic E-state index is 11.7. The molecule has 0 amide bonds. The van der Waals surface area contributed by atoms with E-state index < -0.39 is 4.92 Å². The van der Waals surface area contributed by atoms with Gasteiger partial charge in [0.15, 0.2) is 0 Å². The molecule has 0 spiro atoms. The van der Waals surface area contributed by atoms with E-state index in [1.54, 1.807) is 25.2 Å². The molecule has 0 aliphatic heterocycles. The number of nitrogens with one attached hydrogen (secondary N) is 1. The second kappa shape index (κ2) is 5.83. The lowest BCUT2D eigenvalue weighted by Gasteiger charge is -2.09. The van der Waals surface area contributed by atoms with Gasteiger partial charge in [-0.05, 0) is 15.9 Å². The van der Waals surface area contributed by atoms with Crippen LogP contribution in [0.3, 0.4) is 0 Å². The van der Waals surface area contributed by atoms with Gasteiger partial charge in [-0.15, -0.1) is 0 Å². The first-order valence-corrected chi connectivity index (χ1v) is 6.48. The summed E-state index contributed by atoms with van der Waals surface area (Å²) >= 11 is 3.18. The minimum Gasteiger partial charge on any atom is -0.378 e. The number of hydrogen-bond acceptors (Lipinski definition) is 5. The van der Waals surface area contributed by atoms with E-state index in [0.717, 1.165) is 0 Å². The molecular weight excluding hydrogens is 328 g/mol. The summed E-state index contributed by atoms with van der Waals surface area (Å²) in [5.41, 5.74) is 0.779. The van der Waals surface area contributed by atoms with Crippen molar-refractivity contribution < 1.29 is 4.92 Å². The Morgan fingerprint density at radius 2 is 2.15 bits per heavy atom. The van der Waals surface area contributed by atoms with Crippen molar-refractivity contribution in [2.75, 3.05) is 5.32 Å². The van der Waals surface area contributed by atoms with E-state index >= 15 is 0 Å². The second-order valence-electron chi connectivity index (χ2n) is 4.04. The quantitative estimate of drug-likeness (QED) is 0.680. The molecule has 0 unspecified atom stereocenters. The van der Waals surface area contributed by atoms with E-state index in [-0.39, 0.29) is 17.8 Å². The van der Waals surface area contributed by atoms with Gasteiger partial charge in [0.05, 0.1) is 16.8 Å². The van der Waals surface area contributed by atoms with Gasteiger partial charge in [-0.3, -0.25) is 14.9 Å². The molecule has 20 heavy (non-hydrogen) atoms. The highest BCUT2D eigenvalue weighted by Crippen LogP contribution is 2.21. The van der Waals surface area contributed by atoms with Crippen LogP contribution in [0.25, 0.3) is 0 Å². The molecule has 0 aliphatic rings. The Morgan fingerprint density at radius 1 is 1.45 bits per heavy atom. The molecule has 104 valence electrons. The van der Waals surface area contributed by atoms with Crippen LogP contribution in [-0.4, -0.2) is 14.7 Å². The molecule has 1 heterocycles. The number of nitro groups is 1. The van der Waals surface area contributed by atoms with Crippen LogP contribution >= 0.6 is 15.9 Å². The molecule has 0 aliphatic carbocycles. The average molecular weight is 339 g/mol. The Hall–Kier alpha value is -2.22. The summed E-state index contributed by atoms with van der Waals surface area (Å²) in [7, 11) is 1.54. The zero-order chi connectivity index (χ0) is 14.7. The van der Waals surface area contributed by atoms with Crippen LogP contribution in [-0.2, 0) is 13.6 Å². The highest BCUT2D eigenvalue weighted by Gasteiger charge is 2.13. The van der Waals surface area contributed by atoms with Crippen molar-refractivity contribution >= 4 is 27.3 Å². The van der Waals surface area contributed by atoms with E-state index in [2.05, 4.69) is 26.3 Å². The van der Waals surface area contributed by atoms with Gasteiger partial charge in [0.2, 0.25) is 0 Å². The largest absolute Gasteiger partial charge is 0.378 e. The zero-order valence-electron chi connectivity index (χ0n) is 10.5. The number of nitrogens with zero attached hydrogens (tertiary/aromatic N) is 3. The predicted octanol–water partition coefficient (Wildman–Crippen LogP) is 2.06. The van der Waals surface area contributed by atoms with E-state index in [1.165, 1.54) is 16.9 Å². The first-order chi connectivity index (χ1) is 9.50. The third-order valence-corrected chi connectivity index (χ3v) is 3.50. The van der Waals surface area contributed by atoms with Crippen LogP contribution in [0.1, 0.15) is 5.56 Å². The summed E-state index contributed by atoms with van der Waals surface area (Å²) in [4.78, 5) is 22.1. The van der Waals surface area contributed by atoms with Crippen molar-refractivity contribution in [3.05, 3.63) is 61.0 Å². The van der Waals surface area contributed by atoms with Crippen molar-refractivity contribution in [2.45, 2.75) is 6.54 Å². The molecule has 0 atom stereocenters. The summed E-state index contributed by atoms with van der Waals surface area (Å²) in [5, 5.41) is 17.8. The molecule has 2 rings (SSSR count). The van der Waals surface area contributed by atoms with E-state index in [9.17, 15) is 14.9 Å². The molecule has 7 nitrogen and oxygen atoms in total. The van der Waals surface area contributed by atoms with Gasteiger partial charge in [0, 0.05) is 25.2 Å². The Morgan fingerprint density at radius 3 is 2.85 bits per heavy atom. The predicted molar refractivity (Wildman–Crippen MR) is 77.6 cm³/mol. The smallest absolute Gasteiger partial charge is 0.282 e. The average Bonchev–Trinajstić information content (AvgIpc) is 2.44. The summed E-state index contributed by atoms with van der Waals surface area (Å²) in [6, 6.07) is 6.43. The number of para-hydroxylation sites is 1. The van der Waals surface area contributed by atoms with Crippen molar-refractivity contribution in [3.63, 3.8) is 0 Å². The number of hydrogen-bond donors (Lipinski definition) is 1. The Labute approximate surface area is 122 Å². The summed E-state index contributed by atoms with van der Waals surface area (Å²) in [5.74, 6) is 0. The molecule has 1 N–H and O–H groups in total. The molecule has 0 bridgehead atoms. The number of rotatable bonds is 4. The van der Waals surface area contributed by atoms with Crippen LogP contribution < -0.4 is 10.9 Å². The van der Waals surface area contributed by atoms with Crippen molar-refractivity contribution in [2.24, 2.45) is 7.05 Å². The van der Waals surface area contributed by atoms with Gasteiger partial charge in [0.1, 0.15) is 4.47 Å². The van der Waals surface area contributed by atoms with Crippen LogP contribution in [0.15, 0.2) is 39.7 Å². The highest BCUT2D eigenvalue weighted by atomic mass is 79.9. The van der Waals surface area contributed by atoms with Crippen LogP contribution in [0.5, 0.6) is 0 Å². The van der Waals surface area contributed by atoms with Crippen LogP contribution in [0, 0.1) is 10.1 Å². The molecule has 0 saturated carbocycles. The highest BCUT2D eigenvalue weighted by molar-refractivity contribution is 9.10. The molecule has 2 aromatic rings. The second-order valence-corrected chi connectivity index (χ2v) is 4.83. The maximum Gasteiger partial charge on any atom is 0.282 e. The SMILES string of the molecule is Cn1ncc(NCc2ccccc2[N+](=O)[O-])c(Br)c1=O. The topological polar surface area (TPSA) is 90.1 Å². The van der Waals surface area contributed by atoms with Gasteiger partial charge < -0.3 is 5.32 Å². The fraction of sp³-hybridized carbons (Fsp3) is 0.167. The zero-order valence-corrected chi connectivity index (χ0v) is 12.1. The van der Waals surface area contributed by atoms with Gasteiger partial charge in [-0.25, -0.2) is 4.68 Å². The Balaban J connectivity index is 2.24. The summed E-state index contributed by atoms with van der Waals surface area (Å²) in [6.45, 7) is 0.227. The number of nitro benzene ring substituents is 1. The van der Waals surface area contributed by atoms with E-state index in [0.29, 0.717) is 15.7 Å². The normalized spacial score (nSPS) is 10.3. The summed E-state index contributed by atoms with van der Waals surface area (Å²) in [6.07, 6.45) is 1.49. The van der Waals surface area contributed by atoms with E-state index in [1.807, 2.05) is 0 Å². The van der Waals surface area contributed by atoms with E-state index in [4.69, 9.17) is 0 Å². The van der Waals surface area contributed by atoms with Crippen molar-refractivity contribution in [3.8, 4) is 0 Å². The molecule has 0 saturated heterocycles. The summed E-state index contributed by atoms with van der Waals surface area (Å²) < 4.78 is 1.54. The first-order valence-electron chi connectivity index (χ1n) is 5.68. The lowest BCUT2D eigenvalue weighted by Crippen LogP contribution is -2.21. The van der Waals surface area contributed by atoms with Gasteiger partial charge >= 0.3 is 0 Å². The first kappa shape index (κ1) is 14.2. The monoisotopic (exact) mass is 338 g/mol. The number of aromatic nitrogens is 2. The number of anilines is 1. The Kier molecular flexibility index (Phi) is 4.14. The standard InChI is InChI=1S/C12H11BrN4O3/c1-16-12(18)11(13)9(7-15-16)14-6-8-4-2-3-5-10(8)17(19)20/h2-5,7,14H,6H2,1H3. The van der Waals surface area contributed by atoms with Gasteiger partial charge in [0.25, 0.3) is 11.2 Å². The van der Waals surface area contributed by atoms with Crippen LogP contribution in [0.4, 0.5) is 11.4 Å². The molecule has 8 heteroatoms.